The third-order valence-corrected chi connectivity index (χ3v) is 3.82. The SMILES string of the molecule is CN=C(NCc1nnc2ccc(C(F)(F)F)cn12)N1CCCC1.I. The van der Waals surface area contributed by atoms with Gasteiger partial charge in [0.2, 0.25) is 0 Å². The number of guanidine groups is 1. The van der Waals surface area contributed by atoms with Gasteiger partial charge in [0.15, 0.2) is 17.4 Å². The first kappa shape index (κ1) is 18.7. The Hall–Kier alpha value is -1.59. The van der Waals surface area contributed by atoms with Crippen LogP contribution in [-0.4, -0.2) is 45.6 Å². The van der Waals surface area contributed by atoms with E-state index in [0.717, 1.165) is 44.2 Å². The van der Waals surface area contributed by atoms with Gasteiger partial charge in [-0.25, -0.2) is 0 Å². The van der Waals surface area contributed by atoms with Gasteiger partial charge in [-0.1, -0.05) is 0 Å². The van der Waals surface area contributed by atoms with Crippen molar-refractivity contribution in [3.8, 4) is 0 Å². The molecule has 2 aromatic heterocycles. The zero-order valence-corrected chi connectivity index (χ0v) is 15.4. The number of rotatable bonds is 2. The van der Waals surface area contributed by atoms with Crippen LogP contribution in [0.4, 0.5) is 13.2 Å². The predicted octanol–water partition coefficient (Wildman–Crippen LogP) is 2.54. The molecule has 0 radical (unpaired) electrons. The molecule has 1 aliphatic heterocycles. The molecule has 0 spiro atoms. The van der Waals surface area contributed by atoms with Crippen molar-refractivity contribution in [2.24, 2.45) is 4.99 Å². The van der Waals surface area contributed by atoms with Gasteiger partial charge in [0.25, 0.3) is 0 Å². The summed E-state index contributed by atoms with van der Waals surface area (Å²) < 4.78 is 39.8. The number of aromatic nitrogens is 3. The van der Waals surface area contributed by atoms with Crippen LogP contribution in [0.15, 0.2) is 23.3 Å². The molecule has 1 fully saturated rings. The number of hydrogen-bond acceptors (Lipinski definition) is 3. The van der Waals surface area contributed by atoms with Crippen LogP contribution in [0.2, 0.25) is 0 Å². The molecule has 24 heavy (non-hydrogen) atoms. The standard InChI is InChI=1S/C14H17F3N6.HI/c1-18-13(22-6-2-3-7-22)19-8-12-21-20-11-5-4-10(9-23(11)12)14(15,16)17;/h4-5,9H,2-3,6-8H2,1H3,(H,18,19);1H. The summed E-state index contributed by atoms with van der Waals surface area (Å²) >= 11 is 0. The zero-order chi connectivity index (χ0) is 16.4. The quantitative estimate of drug-likeness (QED) is 0.431. The first-order valence-electron chi connectivity index (χ1n) is 7.35. The Morgan fingerprint density at radius 3 is 2.58 bits per heavy atom. The van der Waals surface area contributed by atoms with Crippen molar-refractivity contribution >= 4 is 35.6 Å². The largest absolute Gasteiger partial charge is 0.417 e. The molecule has 1 saturated heterocycles. The van der Waals surface area contributed by atoms with E-state index in [-0.39, 0.29) is 30.5 Å². The van der Waals surface area contributed by atoms with Gasteiger partial charge in [0.05, 0.1) is 12.1 Å². The Morgan fingerprint density at radius 2 is 1.96 bits per heavy atom. The normalized spacial score (nSPS) is 15.7. The van der Waals surface area contributed by atoms with Crippen molar-refractivity contribution in [3.63, 3.8) is 0 Å². The zero-order valence-electron chi connectivity index (χ0n) is 13.0. The summed E-state index contributed by atoms with van der Waals surface area (Å²) in [6.07, 6.45) is -1.15. The van der Waals surface area contributed by atoms with Crippen LogP contribution in [0.1, 0.15) is 24.2 Å². The minimum Gasteiger partial charge on any atom is -0.349 e. The van der Waals surface area contributed by atoms with E-state index < -0.39 is 11.7 Å². The fourth-order valence-electron chi connectivity index (χ4n) is 2.65. The Bertz CT molecular complexity index is 721. The van der Waals surface area contributed by atoms with Gasteiger partial charge in [0, 0.05) is 26.3 Å². The lowest BCUT2D eigenvalue weighted by Crippen LogP contribution is -2.39. The topological polar surface area (TPSA) is 57.8 Å². The second-order valence-electron chi connectivity index (χ2n) is 5.35. The highest BCUT2D eigenvalue weighted by Gasteiger charge is 2.31. The molecule has 3 heterocycles. The molecule has 3 rings (SSSR count). The first-order valence-corrected chi connectivity index (χ1v) is 7.35. The predicted molar refractivity (Wildman–Crippen MR) is 94.4 cm³/mol. The Labute approximate surface area is 154 Å². The molecule has 132 valence electrons. The average Bonchev–Trinajstić information content (AvgIpc) is 3.16. The molecule has 0 saturated carbocycles. The minimum absolute atomic E-state index is 0. The summed E-state index contributed by atoms with van der Waals surface area (Å²) in [5.41, 5.74) is -0.346. The lowest BCUT2D eigenvalue weighted by atomic mass is 10.3. The van der Waals surface area contributed by atoms with E-state index in [9.17, 15) is 13.2 Å². The maximum atomic E-state index is 12.8. The van der Waals surface area contributed by atoms with Crippen LogP contribution in [0.5, 0.6) is 0 Å². The lowest BCUT2D eigenvalue weighted by molar-refractivity contribution is -0.137. The van der Waals surface area contributed by atoms with Gasteiger partial charge in [-0.3, -0.25) is 9.39 Å². The highest BCUT2D eigenvalue weighted by Crippen LogP contribution is 2.29. The lowest BCUT2D eigenvalue weighted by Gasteiger charge is -2.20. The van der Waals surface area contributed by atoms with Gasteiger partial charge in [-0.2, -0.15) is 13.2 Å². The van der Waals surface area contributed by atoms with Crippen LogP contribution >= 0.6 is 24.0 Å². The van der Waals surface area contributed by atoms with E-state index in [4.69, 9.17) is 0 Å². The van der Waals surface area contributed by atoms with Crippen LogP contribution in [0.3, 0.4) is 0 Å². The molecule has 1 aliphatic rings. The number of nitrogens with one attached hydrogen (secondary N) is 1. The molecule has 0 aromatic carbocycles. The molecular formula is C14H18F3IN6. The van der Waals surface area contributed by atoms with E-state index in [1.165, 1.54) is 10.5 Å². The summed E-state index contributed by atoms with van der Waals surface area (Å²) in [6.45, 7) is 2.11. The highest BCUT2D eigenvalue weighted by molar-refractivity contribution is 14.0. The summed E-state index contributed by atoms with van der Waals surface area (Å²) in [7, 11) is 1.68. The molecule has 6 nitrogen and oxygen atoms in total. The number of nitrogens with zero attached hydrogens (tertiary/aromatic N) is 5. The van der Waals surface area contributed by atoms with Gasteiger partial charge in [-0.05, 0) is 25.0 Å². The molecule has 0 aliphatic carbocycles. The van der Waals surface area contributed by atoms with Crippen LogP contribution in [0, 0.1) is 0 Å². The van der Waals surface area contributed by atoms with Crippen LogP contribution in [-0.2, 0) is 12.7 Å². The highest BCUT2D eigenvalue weighted by atomic mass is 127. The maximum Gasteiger partial charge on any atom is 0.417 e. The van der Waals surface area contributed by atoms with Crippen molar-refractivity contribution < 1.29 is 13.2 Å². The second kappa shape index (κ2) is 7.53. The molecule has 2 aromatic rings. The van der Waals surface area contributed by atoms with E-state index in [0.29, 0.717) is 11.5 Å². The maximum absolute atomic E-state index is 12.8. The van der Waals surface area contributed by atoms with Crippen molar-refractivity contribution in [2.75, 3.05) is 20.1 Å². The number of alkyl halides is 3. The summed E-state index contributed by atoms with van der Waals surface area (Å²) in [4.78, 5) is 6.32. The van der Waals surface area contributed by atoms with Gasteiger partial charge in [-0.15, -0.1) is 34.2 Å². The van der Waals surface area contributed by atoms with Crippen molar-refractivity contribution in [2.45, 2.75) is 25.6 Å². The van der Waals surface area contributed by atoms with Crippen molar-refractivity contribution in [3.05, 3.63) is 29.7 Å². The monoisotopic (exact) mass is 454 g/mol. The summed E-state index contributed by atoms with van der Waals surface area (Å²) in [5.74, 6) is 1.14. The third kappa shape index (κ3) is 3.90. The fourth-order valence-corrected chi connectivity index (χ4v) is 2.65. The van der Waals surface area contributed by atoms with E-state index >= 15 is 0 Å². The number of hydrogen-bond donors (Lipinski definition) is 1. The molecule has 0 atom stereocenters. The minimum atomic E-state index is -4.39. The number of halogens is 4. The Balaban J connectivity index is 0.00000208. The molecule has 0 bridgehead atoms. The Kier molecular flexibility index (Phi) is 5.88. The average molecular weight is 454 g/mol. The van der Waals surface area contributed by atoms with Gasteiger partial charge in [0.1, 0.15) is 0 Å². The van der Waals surface area contributed by atoms with Crippen LogP contribution < -0.4 is 5.32 Å². The van der Waals surface area contributed by atoms with E-state index in [1.54, 1.807) is 7.05 Å². The molecular weight excluding hydrogens is 436 g/mol. The summed E-state index contributed by atoms with van der Waals surface area (Å²) in [5, 5.41) is 11.0. The van der Waals surface area contributed by atoms with Gasteiger partial charge >= 0.3 is 6.18 Å². The van der Waals surface area contributed by atoms with Crippen molar-refractivity contribution in [1.29, 1.82) is 0 Å². The number of likely N-dealkylation sites (tertiary alicyclic amines) is 1. The van der Waals surface area contributed by atoms with E-state index in [1.807, 2.05) is 0 Å². The molecule has 0 unspecified atom stereocenters. The molecule has 10 heteroatoms. The summed E-state index contributed by atoms with van der Waals surface area (Å²) in [6, 6.07) is 2.32. The third-order valence-electron chi connectivity index (χ3n) is 3.82. The molecule has 0 amide bonds. The van der Waals surface area contributed by atoms with E-state index in [2.05, 4.69) is 25.4 Å². The number of pyridine rings is 1. The Morgan fingerprint density at radius 1 is 1.25 bits per heavy atom. The first-order chi connectivity index (χ1) is 11.0. The van der Waals surface area contributed by atoms with Crippen LogP contribution in [0.25, 0.3) is 5.65 Å². The fraction of sp³-hybridized carbons (Fsp3) is 0.500. The van der Waals surface area contributed by atoms with Crippen molar-refractivity contribution in [1.82, 2.24) is 24.8 Å². The number of aliphatic imine (C=N–C) groups is 1. The second-order valence-corrected chi connectivity index (χ2v) is 5.35. The number of fused-ring (bicyclic) bond motifs is 1. The molecule has 1 N–H and O–H groups in total. The van der Waals surface area contributed by atoms with Gasteiger partial charge < -0.3 is 10.2 Å². The smallest absolute Gasteiger partial charge is 0.349 e.